The summed E-state index contributed by atoms with van der Waals surface area (Å²) in [4.78, 5) is 12.9. The first-order valence-corrected chi connectivity index (χ1v) is 14.3. The van der Waals surface area contributed by atoms with E-state index in [9.17, 15) is 13.2 Å². The van der Waals surface area contributed by atoms with Crippen LogP contribution in [0.1, 0.15) is 39.0 Å². The molecule has 1 amide bonds. The Balaban J connectivity index is 1.47. The molecule has 0 aliphatic heterocycles. The molecule has 4 rings (SSSR count). The minimum absolute atomic E-state index is 0.0940. The molecule has 0 unspecified atom stereocenters. The Labute approximate surface area is 230 Å². The Bertz CT molecular complexity index is 1500. The third-order valence-electron chi connectivity index (χ3n) is 6.32. The Morgan fingerprint density at radius 2 is 1.58 bits per heavy atom. The molecule has 4 aromatic rings. The molecule has 0 bridgehead atoms. The van der Waals surface area contributed by atoms with E-state index in [-0.39, 0.29) is 17.3 Å². The fourth-order valence-corrected chi connectivity index (χ4v) is 5.96. The van der Waals surface area contributed by atoms with E-state index in [0.717, 1.165) is 24.0 Å². The van der Waals surface area contributed by atoms with Gasteiger partial charge >= 0.3 is 0 Å². The zero-order valence-electron chi connectivity index (χ0n) is 21.5. The van der Waals surface area contributed by atoms with Crippen LogP contribution in [0.15, 0.2) is 102 Å². The van der Waals surface area contributed by atoms with Crippen LogP contribution >= 0.6 is 11.6 Å². The number of carbonyl (C=O) groups excluding carboxylic acids is 1. The molecule has 0 aromatic heterocycles. The molecule has 5 nitrogen and oxygen atoms in total. The summed E-state index contributed by atoms with van der Waals surface area (Å²) < 4.78 is 28.7. The number of hydrogen-bond donors (Lipinski definition) is 1. The zero-order valence-corrected chi connectivity index (χ0v) is 23.1. The number of nitrogens with zero attached hydrogens (tertiary/aromatic N) is 1. The lowest BCUT2D eigenvalue weighted by atomic mass is 10.1. The monoisotopic (exact) mass is 546 g/mol. The molecule has 1 N–H and O–H groups in total. The maximum atomic E-state index is 13.7. The lowest BCUT2D eigenvalue weighted by Crippen LogP contribution is -2.31. The number of benzene rings is 4. The first-order valence-electron chi connectivity index (χ1n) is 12.5. The number of sulfonamides is 1. The van der Waals surface area contributed by atoms with Gasteiger partial charge in [0.1, 0.15) is 0 Å². The summed E-state index contributed by atoms with van der Waals surface area (Å²) in [6.45, 7) is 4.59. The van der Waals surface area contributed by atoms with Crippen LogP contribution < -0.4 is 9.62 Å². The van der Waals surface area contributed by atoms with Crippen molar-refractivity contribution in [2.45, 2.75) is 38.1 Å². The molecule has 0 saturated heterocycles. The normalized spacial score (nSPS) is 11.2. The van der Waals surface area contributed by atoms with Gasteiger partial charge in [0.2, 0.25) is 0 Å². The number of halogens is 1. The van der Waals surface area contributed by atoms with E-state index in [0.29, 0.717) is 22.8 Å². The molecule has 4 aromatic carbocycles. The molecule has 0 radical (unpaired) electrons. The molecule has 7 heteroatoms. The molecular formula is C31H31ClN2O3S. The minimum atomic E-state index is -3.86. The van der Waals surface area contributed by atoms with Crippen molar-refractivity contribution in [1.82, 2.24) is 5.32 Å². The van der Waals surface area contributed by atoms with E-state index in [2.05, 4.69) is 30.4 Å². The van der Waals surface area contributed by atoms with Gasteiger partial charge in [0.15, 0.2) is 0 Å². The van der Waals surface area contributed by atoms with Gasteiger partial charge in [-0.2, -0.15) is 0 Å². The van der Waals surface area contributed by atoms with Crippen LogP contribution in [0.25, 0.3) is 0 Å². The second kappa shape index (κ2) is 12.3. The Hall–Kier alpha value is -3.61. The number of anilines is 1. The molecule has 0 fully saturated rings. The van der Waals surface area contributed by atoms with E-state index in [1.807, 2.05) is 13.0 Å². The molecule has 196 valence electrons. The maximum Gasteiger partial charge on any atom is 0.264 e. The molecule has 0 spiro atoms. The van der Waals surface area contributed by atoms with Gasteiger partial charge in [0, 0.05) is 17.1 Å². The smallest absolute Gasteiger partial charge is 0.264 e. The van der Waals surface area contributed by atoms with Crippen LogP contribution in [0.2, 0.25) is 5.02 Å². The summed E-state index contributed by atoms with van der Waals surface area (Å²) in [5, 5.41) is 3.42. The highest BCUT2D eigenvalue weighted by Gasteiger charge is 2.26. The average Bonchev–Trinajstić information content (AvgIpc) is 2.92. The van der Waals surface area contributed by atoms with Crippen molar-refractivity contribution < 1.29 is 13.2 Å². The molecule has 0 atom stereocenters. The molecule has 0 aliphatic rings. The second-order valence-electron chi connectivity index (χ2n) is 9.30. The van der Waals surface area contributed by atoms with Crippen LogP contribution in [0.5, 0.6) is 0 Å². The number of aryl methyl sites for hydroxylation is 3. The summed E-state index contributed by atoms with van der Waals surface area (Å²) in [5.41, 5.74) is 5.06. The van der Waals surface area contributed by atoms with Crippen molar-refractivity contribution in [3.05, 3.63) is 130 Å². The van der Waals surface area contributed by atoms with E-state index in [4.69, 9.17) is 11.6 Å². The van der Waals surface area contributed by atoms with Crippen LogP contribution in [-0.4, -0.2) is 20.9 Å². The average molecular weight is 547 g/mol. The third kappa shape index (κ3) is 6.82. The van der Waals surface area contributed by atoms with Crippen molar-refractivity contribution in [2.24, 2.45) is 0 Å². The van der Waals surface area contributed by atoms with Gasteiger partial charge in [-0.25, -0.2) is 8.42 Å². The van der Waals surface area contributed by atoms with Gasteiger partial charge < -0.3 is 5.32 Å². The van der Waals surface area contributed by atoms with Gasteiger partial charge in [-0.1, -0.05) is 77.8 Å². The van der Waals surface area contributed by atoms with Crippen molar-refractivity contribution in [3.63, 3.8) is 0 Å². The highest BCUT2D eigenvalue weighted by molar-refractivity contribution is 7.92. The SMILES string of the molecule is Cc1cccc(CCCNC(=O)c2ccc(CN(c3cc(Cl)ccc3C)S(=O)(=O)c3ccccc3)cc2)c1. The van der Waals surface area contributed by atoms with E-state index >= 15 is 0 Å². The second-order valence-corrected chi connectivity index (χ2v) is 11.6. The lowest BCUT2D eigenvalue weighted by molar-refractivity contribution is 0.0953. The number of nitrogens with one attached hydrogen (secondary N) is 1. The standard InChI is InChI=1S/C31H31ClN2O3S/c1-23-8-6-9-25(20-23)10-7-19-33-31(35)27-16-14-26(15-17-27)22-34(30-21-28(32)18-13-24(30)2)38(36,37)29-11-4-3-5-12-29/h3-6,8-9,11-18,20-21H,7,10,19,22H2,1-2H3,(H,33,35). The van der Waals surface area contributed by atoms with Gasteiger partial charge in [0.25, 0.3) is 15.9 Å². The van der Waals surface area contributed by atoms with Gasteiger partial charge in [-0.05, 0) is 79.8 Å². The van der Waals surface area contributed by atoms with E-state index in [1.54, 1.807) is 72.8 Å². The highest BCUT2D eigenvalue weighted by atomic mass is 35.5. The minimum Gasteiger partial charge on any atom is -0.352 e. The van der Waals surface area contributed by atoms with Crippen molar-refractivity contribution in [2.75, 3.05) is 10.8 Å². The Morgan fingerprint density at radius 1 is 0.842 bits per heavy atom. The molecule has 0 saturated carbocycles. The third-order valence-corrected chi connectivity index (χ3v) is 8.33. The largest absolute Gasteiger partial charge is 0.352 e. The molecule has 0 aliphatic carbocycles. The molecule has 0 heterocycles. The van der Waals surface area contributed by atoms with Crippen LogP contribution in [0.3, 0.4) is 0 Å². The summed E-state index contributed by atoms with van der Waals surface area (Å²) in [7, 11) is -3.86. The van der Waals surface area contributed by atoms with Gasteiger partial charge in [0.05, 0.1) is 17.1 Å². The Morgan fingerprint density at radius 3 is 2.29 bits per heavy atom. The van der Waals surface area contributed by atoms with Crippen molar-refractivity contribution in [1.29, 1.82) is 0 Å². The van der Waals surface area contributed by atoms with Crippen molar-refractivity contribution in [3.8, 4) is 0 Å². The molecule has 38 heavy (non-hydrogen) atoms. The summed E-state index contributed by atoms with van der Waals surface area (Å²) in [6.07, 6.45) is 1.74. The van der Waals surface area contributed by atoms with Crippen LogP contribution in [0, 0.1) is 13.8 Å². The molecular weight excluding hydrogens is 516 g/mol. The predicted molar refractivity (Wildman–Crippen MR) is 154 cm³/mol. The topological polar surface area (TPSA) is 66.5 Å². The van der Waals surface area contributed by atoms with E-state index in [1.165, 1.54) is 15.4 Å². The zero-order chi connectivity index (χ0) is 27.1. The fourth-order valence-electron chi connectivity index (χ4n) is 4.26. The number of carbonyl (C=O) groups is 1. The van der Waals surface area contributed by atoms with Gasteiger partial charge in [-0.15, -0.1) is 0 Å². The first kappa shape index (κ1) is 27.4. The number of amides is 1. The first-order chi connectivity index (χ1) is 18.2. The maximum absolute atomic E-state index is 13.7. The highest BCUT2D eigenvalue weighted by Crippen LogP contribution is 2.31. The Kier molecular flexibility index (Phi) is 8.87. The number of rotatable bonds is 10. The van der Waals surface area contributed by atoms with Crippen molar-refractivity contribution >= 4 is 33.2 Å². The predicted octanol–water partition coefficient (Wildman–Crippen LogP) is 6.71. The summed E-state index contributed by atoms with van der Waals surface area (Å²) >= 11 is 6.24. The fraction of sp³-hybridized carbons (Fsp3) is 0.194. The van der Waals surface area contributed by atoms with Gasteiger partial charge in [-0.3, -0.25) is 9.10 Å². The van der Waals surface area contributed by atoms with Crippen LogP contribution in [0.4, 0.5) is 5.69 Å². The number of hydrogen-bond acceptors (Lipinski definition) is 3. The summed E-state index contributed by atoms with van der Waals surface area (Å²) in [5.74, 6) is -0.153. The summed E-state index contributed by atoms with van der Waals surface area (Å²) in [6, 6.07) is 28.9. The van der Waals surface area contributed by atoms with E-state index < -0.39 is 10.0 Å². The quantitative estimate of drug-likeness (QED) is 0.225. The lowest BCUT2D eigenvalue weighted by Gasteiger charge is -2.26. The van der Waals surface area contributed by atoms with Crippen LogP contribution in [-0.2, 0) is 23.0 Å².